The predicted octanol–water partition coefficient (Wildman–Crippen LogP) is 4.03. The number of carbonyl (C=O) groups excluding carboxylic acids is 1. The van der Waals surface area contributed by atoms with Crippen molar-refractivity contribution in [3.63, 3.8) is 0 Å². The first-order chi connectivity index (χ1) is 16.1. The molecule has 4 aromatic rings. The van der Waals surface area contributed by atoms with E-state index >= 15 is 0 Å². The van der Waals surface area contributed by atoms with Crippen LogP contribution in [0.3, 0.4) is 0 Å². The number of aromatic amines is 4. The summed E-state index contributed by atoms with van der Waals surface area (Å²) in [7, 11) is 0. The lowest BCUT2D eigenvalue weighted by Gasteiger charge is -2.19. The number of hydrogen-bond acceptors (Lipinski definition) is 4. The average molecular weight is 461 g/mol. The van der Waals surface area contributed by atoms with E-state index in [1.54, 1.807) is 50.2 Å². The number of ether oxygens (including phenoxy) is 1. The van der Waals surface area contributed by atoms with Gasteiger partial charge in [-0.2, -0.15) is 0 Å². The van der Waals surface area contributed by atoms with E-state index < -0.39 is 11.9 Å². The van der Waals surface area contributed by atoms with Gasteiger partial charge < -0.3 is 14.9 Å². The van der Waals surface area contributed by atoms with Gasteiger partial charge in [0, 0.05) is 17.3 Å². The van der Waals surface area contributed by atoms with Crippen molar-refractivity contribution >= 4 is 5.97 Å². The number of rotatable bonds is 5. The van der Waals surface area contributed by atoms with Crippen molar-refractivity contribution in [3.8, 4) is 5.75 Å². The summed E-state index contributed by atoms with van der Waals surface area (Å²) in [6, 6.07) is 14.2. The number of hydrogen-bond donors (Lipinski definition) is 4. The van der Waals surface area contributed by atoms with Crippen LogP contribution in [0.25, 0.3) is 0 Å². The third-order valence-corrected chi connectivity index (χ3v) is 6.01. The van der Waals surface area contributed by atoms with Crippen molar-refractivity contribution in [3.05, 3.63) is 108 Å². The molecule has 8 nitrogen and oxygen atoms in total. The Labute approximate surface area is 196 Å². The summed E-state index contributed by atoms with van der Waals surface area (Å²) < 4.78 is 5.55. The molecule has 0 radical (unpaired) electrons. The summed E-state index contributed by atoms with van der Waals surface area (Å²) in [5.41, 5.74) is 3.91. The van der Waals surface area contributed by atoms with Crippen molar-refractivity contribution < 1.29 is 9.53 Å². The summed E-state index contributed by atoms with van der Waals surface area (Å²) in [5, 5.41) is 10.8. The Kier molecular flexibility index (Phi) is 5.91. The largest absolute Gasteiger partial charge is 0.423 e. The molecule has 0 saturated heterocycles. The molecule has 176 valence electrons. The van der Waals surface area contributed by atoms with Gasteiger partial charge in [0.15, 0.2) is 0 Å². The van der Waals surface area contributed by atoms with Gasteiger partial charge in [0.2, 0.25) is 0 Å². The normalized spacial score (nSPS) is 11.7. The molecular weight excluding hydrogens is 432 g/mol. The van der Waals surface area contributed by atoms with Crippen LogP contribution in [-0.2, 0) is 5.41 Å². The molecule has 0 spiro atoms. The second kappa shape index (κ2) is 8.70. The van der Waals surface area contributed by atoms with Crippen molar-refractivity contribution in [1.82, 2.24) is 20.4 Å². The molecule has 0 fully saturated rings. The highest BCUT2D eigenvalue weighted by Gasteiger charge is 2.28. The molecule has 4 rings (SSSR count). The fourth-order valence-electron chi connectivity index (χ4n) is 4.08. The number of nitrogens with one attached hydrogen (secondary N) is 4. The highest BCUT2D eigenvalue weighted by molar-refractivity contribution is 5.91. The molecule has 2 aromatic carbocycles. The Morgan fingerprint density at radius 1 is 0.765 bits per heavy atom. The van der Waals surface area contributed by atoms with Gasteiger partial charge in [-0.05, 0) is 54.7 Å². The van der Waals surface area contributed by atoms with E-state index in [1.807, 2.05) is 12.1 Å². The monoisotopic (exact) mass is 460 g/mol. The Morgan fingerprint density at radius 3 is 1.68 bits per heavy atom. The number of H-pyrrole nitrogens is 4. The van der Waals surface area contributed by atoms with Gasteiger partial charge in [0.05, 0.1) is 16.7 Å². The minimum Gasteiger partial charge on any atom is -0.423 e. The quantitative estimate of drug-likeness (QED) is 0.265. The SMILES string of the molecule is Cc1[nH][nH]c(=O)c1C(c1ccc(OC(=O)c2ccc(C(C)(C)C)cc2)cc1)c1c(C)[nH][nH]c1=O. The minimum atomic E-state index is -0.598. The molecule has 2 aromatic heterocycles. The van der Waals surface area contributed by atoms with Crippen LogP contribution in [0.5, 0.6) is 5.75 Å². The molecule has 34 heavy (non-hydrogen) atoms. The summed E-state index contributed by atoms with van der Waals surface area (Å²) in [6.07, 6.45) is 0. The van der Waals surface area contributed by atoms with Crippen LogP contribution in [0, 0.1) is 13.8 Å². The molecule has 4 N–H and O–H groups in total. The highest BCUT2D eigenvalue weighted by atomic mass is 16.5. The van der Waals surface area contributed by atoms with Crippen LogP contribution in [0.15, 0.2) is 58.1 Å². The van der Waals surface area contributed by atoms with Crippen LogP contribution < -0.4 is 15.9 Å². The van der Waals surface area contributed by atoms with E-state index in [1.165, 1.54) is 0 Å². The van der Waals surface area contributed by atoms with E-state index in [4.69, 9.17) is 4.74 Å². The van der Waals surface area contributed by atoms with Crippen molar-refractivity contribution in [1.29, 1.82) is 0 Å². The zero-order valence-corrected chi connectivity index (χ0v) is 19.8. The van der Waals surface area contributed by atoms with Crippen LogP contribution in [0.2, 0.25) is 0 Å². The average Bonchev–Trinajstić information content (AvgIpc) is 3.30. The molecule has 0 bridgehead atoms. The van der Waals surface area contributed by atoms with Crippen molar-refractivity contribution in [2.75, 3.05) is 0 Å². The number of benzene rings is 2. The summed E-state index contributed by atoms with van der Waals surface area (Å²) in [4.78, 5) is 37.7. The van der Waals surface area contributed by atoms with E-state index in [2.05, 4.69) is 41.2 Å². The van der Waals surface area contributed by atoms with Gasteiger partial charge in [0.25, 0.3) is 11.1 Å². The maximum atomic E-state index is 12.6. The third-order valence-electron chi connectivity index (χ3n) is 6.01. The number of aromatic nitrogens is 4. The number of carbonyl (C=O) groups is 1. The first-order valence-corrected chi connectivity index (χ1v) is 11.0. The molecular formula is C26H28N4O4. The molecule has 0 aliphatic rings. The fraction of sp³-hybridized carbons (Fsp3) is 0.269. The molecule has 0 atom stereocenters. The van der Waals surface area contributed by atoms with Gasteiger partial charge in [-0.25, -0.2) is 4.79 Å². The van der Waals surface area contributed by atoms with E-state index in [0.29, 0.717) is 33.8 Å². The Bertz CT molecular complexity index is 1370. The first-order valence-electron chi connectivity index (χ1n) is 11.0. The lowest BCUT2D eigenvalue weighted by atomic mass is 9.85. The van der Waals surface area contributed by atoms with Crippen LogP contribution in [-0.4, -0.2) is 26.4 Å². The second-order valence-corrected chi connectivity index (χ2v) is 9.45. The van der Waals surface area contributed by atoms with Crippen molar-refractivity contribution in [2.24, 2.45) is 0 Å². The molecule has 0 unspecified atom stereocenters. The van der Waals surface area contributed by atoms with E-state index in [9.17, 15) is 14.4 Å². The van der Waals surface area contributed by atoms with Crippen molar-refractivity contribution in [2.45, 2.75) is 46.0 Å². The van der Waals surface area contributed by atoms with Gasteiger partial charge in [0.1, 0.15) is 5.75 Å². The molecule has 0 aliphatic carbocycles. The molecule has 0 aliphatic heterocycles. The molecule has 0 saturated carbocycles. The molecule has 0 amide bonds. The second-order valence-electron chi connectivity index (χ2n) is 9.45. The first kappa shape index (κ1) is 23.1. The highest BCUT2D eigenvalue weighted by Crippen LogP contribution is 2.32. The Morgan fingerprint density at radius 2 is 1.26 bits per heavy atom. The molecule has 2 heterocycles. The summed E-state index contributed by atoms with van der Waals surface area (Å²) in [5.74, 6) is -0.688. The Hall–Kier alpha value is -4.07. The van der Waals surface area contributed by atoms with Crippen LogP contribution in [0.4, 0.5) is 0 Å². The van der Waals surface area contributed by atoms with Gasteiger partial charge >= 0.3 is 5.97 Å². The van der Waals surface area contributed by atoms with Gasteiger partial charge in [-0.1, -0.05) is 45.0 Å². The standard InChI is InChI=1S/C26H28N4O4/c1-14-20(23(31)29-27-14)22(21-15(2)28-30-24(21)32)16-8-12-19(13-9-16)34-25(33)17-6-10-18(11-7-17)26(3,4)5/h6-13,22H,1-5H3,(H2,27,29,31)(H2,28,30,32). The lowest BCUT2D eigenvalue weighted by molar-refractivity contribution is 0.0734. The minimum absolute atomic E-state index is 0.00607. The topological polar surface area (TPSA) is 124 Å². The number of esters is 1. The summed E-state index contributed by atoms with van der Waals surface area (Å²) >= 11 is 0. The van der Waals surface area contributed by atoms with Gasteiger partial charge in [-0.3, -0.25) is 19.8 Å². The third kappa shape index (κ3) is 4.39. The Balaban J connectivity index is 1.63. The maximum absolute atomic E-state index is 12.6. The predicted molar refractivity (Wildman–Crippen MR) is 130 cm³/mol. The zero-order chi connectivity index (χ0) is 24.6. The van der Waals surface area contributed by atoms with E-state index in [-0.39, 0.29) is 16.5 Å². The van der Waals surface area contributed by atoms with E-state index in [0.717, 1.165) is 11.1 Å². The maximum Gasteiger partial charge on any atom is 0.343 e. The number of aryl methyl sites for hydroxylation is 2. The van der Waals surface area contributed by atoms with Crippen LogP contribution >= 0.6 is 0 Å². The fourth-order valence-corrected chi connectivity index (χ4v) is 4.08. The van der Waals surface area contributed by atoms with Gasteiger partial charge in [-0.15, -0.1) is 0 Å². The summed E-state index contributed by atoms with van der Waals surface area (Å²) in [6.45, 7) is 9.89. The molecule has 8 heteroatoms. The lowest BCUT2D eigenvalue weighted by Crippen LogP contribution is -2.20. The zero-order valence-electron chi connectivity index (χ0n) is 19.8. The smallest absolute Gasteiger partial charge is 0.343 e. The van der Waals surface area contributed by atoms with Crippen LogP contribution in [0.1, 0.15) is 70.7 Å².